The highest BCUT2D eigenvalue weighted by molar-refractivity contribution is 5.81. The number of ether oxygens (including phenoxy) is 1. The van der Waals surface area contributed by atoms with Crippen LogP contribution in [0.4, 0.5) is 0 Å². The molecule has 0 aliphatic heterocycles. The predicted octanol–water partition coefficient (Wildman–Crippen LogP) is 1.30. The van der Waals surface area contributed by atoms with Crippen molar-refractivity contribution in [2.75, 3.05) is 13.2 Å². The molecule has 0 radical (unpaired) electrons. The van der Waals surface area contributed by atoms with Gasteiger partial charge in [0.1, 0.15) is 0 Å². The van der Waals surface area contributed by atoms with Gasteiger partial charge >= 0.3 is 0 Å². The summed E-state index contributed by atoms with van der Waals surface area (Å²) in [5, 5.41) is 6.05. The summed E-state index contributed by atoms with van der Waals surface area (Å²) in [4.78, 5) is 11.7. The molecule has 4 nitrogen and oxygen atoms in total. The van der Waals surface area contributed by atoms with Crippen molar-refractivity contribution in [2.45, 2.75) is 59.2 Å². The van der Waals surface area contributed by atoms with Crippen LogP contribution in [0.25, 0.3) is 0 Å². The van der Waals surface area contributed by atoms with Gasteiger partial charge < -0.3 is 15.4 Å². The van der Waals surface area contributed by atoms with E-state index in [1.165, 1.54) is 0 Å². The molecule has 0 spiro atoms. The van der Waals surface area contributed by atoms with Crippen molar-refractivity contribution in [3.8, 4) is 0 Å². The maximum absolute atomic E-state index is 11.7. The first-order valence-corrected chi connectivity index (χ1v) is 5.89. The van der Waals surface area contributed by atoms with Crippen molar-refractivity contribution >= 4 is 5.91 Å². The van der Waals surface area contributed by atoms with E-state index in [2.05, 4.69) is 10.6 Å². The van der Waals surface area contributed by atoms with Gasteiger partial charge in [0.15, 0.2) is 0 Å². The van der Waals surface area contributed by atoms with Crippen LogP contribution in [0.2, 0.25) is 0 Å². The molecule has 4 heteroatoms. The fourth-order valence-corrected chi connectivity index (χ4v) is 1.14. The molecule has 0 saturated carbocycles. The van der Waals surface area contributed by atoms with Crippen LogP contribution in [0.3, 0.4) is 0 Å². The minimum Gasteiger partial charge on any atom is -0.377 e. The number of hydrogen-bond donors (Lipinski definition) is 2. The minimum absolute atomic E-state index is 0.0250. The average Bonchev–Trinajstić information content (AvgIpc) is 2.08. The van der Waals surface area contributed by atoms with Gasteiger partial charge in [0.05, 0.1) is 18.8 Å². The highest BCUT2D eigenvalue weighted by Crippen LogP contribution is 1.99. The molecule has 96 valence electrons. The van der Waals surface area contributed by atoms with E-state index in [0.29, 0.717) is 13.2 Å². The van der Waals surface area contributed by atoms with Crippen molar-refractivity contribution < 1.29 is 9.53 Å². The normalized spacial score (nSPS) is 13.9. The van der Waals surface area contributed by atoms with Crippen molar-refractivity contribution in [3.05, 3.63) is 0 Å². The summed E-state index contributed by atoms with van der Waals surface area (Å²) in [6.45, 7) is 13.1. The lowest BCUT2D eigenvalue weighted by molar-refractivity contribution is -0.124. The van der Waals surface area contributed by atoms with E-state index in [4.69, 9.17) is 4.74 Å². The topological polar surface area (TPSA) is 50.4 Å². The summed E-state index contributed by atoms with van der Waals surface area (Å²) in [5.41, 5.74) is -0.179. The lowest BCUT2D eigenvalue weighted by Gasteiger charge is -2.23. The lowest BCUT2D eigenvalue weighted by atomic mass is 10.1. The third kappa shape index (κ3) is 8.68. The smallest absolute Gasteiger partial charge is 0.237 e. The molecule has 16 heavy (non-hydrogen) atoms. The highest BCUT2D eigenvalue weighted by atomic mass is 16.5. The van der Waals surface area contributed by atoms with Crippen molar-refractivity contribution in [3.63, 3.8) is 0 Å². The predicted molar refractivity (Wildman–Crippen MR) is 66.4 cm³/mol. The number of carbonyl (C=O) groups excluding carboxylic acids is 1. The van der Waals surface area contributed by atoms with E-state index >= 15 is 0 Å². The molecule has 0 aliphatic rings. The summed E-state index contributed by atoms with van der Waals surface area (Å²) in [6, 6.07) is -0.185. The van der Waals surface area contributed by atoms with E-state index in [-0.39, 0.29) is 23.6 Å². The van der Waals surface area contributed by atoms with E-state index in [1.54, 1.807) is 0 Å². The summed E-state index contributed by atoms with van der Waals surface area (Å²) in [6.07, 6.45) is 0.237. The first-order valence-electron chi connectivity index (χ1n) is 5.89. The monoisotopic (exact) mass is 230 g/mol. The van der Waals surface area contributed by atoms with Crippen LogP contribution in [0.1, 0.15) is 41.5 Å². The Morgan fingerprint density at radius 1 is 1.25 bits per heavy atom. The highest BCUT2D eigenvalue weighted by Gasteiger charge is 2.18. The zero-order valence-electron chi connectivity index (χ0n) is 11.4. The quantitative estimate of drug-likeness (QED) is 0.676. The Kier molecular flexibility index (Phi) is 6.60. The van der Waals surface area contributed by atoms with Crippen molar-refractivity contribution in [2.24, 2.45) is 0 Å². The van der Waals surface area contributed by atoms with Crippen LogP contribution in [0, 0.1) is 0 Å². The molecule has 0 aromatic carbocycles. The van der Waals surface area contributed by atoms with E-state index in [9.17, 15) is 4.79 Å². The van der Waals surface area contributed by atoms with Crippen LogP contribution in [0.15, 0.2) is 0 Å². The fourth-order valence-electron chi connectivity index (χ4n) is 1.14. The molecular formula is C12H26N2O2. The van der Waals surface area contributed by atoms with Gasteiger partial charge in [-0.1, -0.05) is 0 Å². The molecule has 0 rings (SSSR count). The van der Waals surface area contributed by atoms with Gasteiger partial charge in [-0.15, -0.1) is 0 Å². The van der Waals surface area contributed by atoms with Gasteiger partial charge in [0.25, 0.3) is 0 Å². The Labute approximate surface area is 99.1 Å². The molecule has 2 N–H and O–H groups in total. The fraction of sp³-hybridized carbons (Fsp3) is 0.917. The second kappa shape index (κ2) is 6.86. The average molecular weight is 230 g/mol. The molecular weight excluding hydrogens is 204 g/mol. The molecule has 0 aliphatic carbocycles. The van der Waals surface area contributed by atoms with Gasteiger partial charge in [-0.2, -0.15) is 0 Å². The molecule has 0 fully saturated rings. The number of nitrogens with one attached hydrogen (secondary N) is 2. The molecule has 0 aromatic rings. The van der Waals surface area contributed by atoms with Crippen molar-refractivity contribution in [1.82, 2.24) is 10.6 Å². The second-order valence-electron chi connectivity index (χ2n) is 5.33. The summed E-state index contributed by atoms with van der Waals surface area (Å²) < 4.78 is 5.38. The molecule has 0 bridgehead atoms. The van der Waals surface area contributed by atoms with Crippen molar-refractivity contribution in [1.29, 1.82) is 0 Å². The van der Waals surface area contributed by atoms with Crippen LogP contribution < -0.4 is 10.6 Å². The first-order chi connectivity index (χ1) is 7.22. The summed E-state index contributed by atoms with van der Waals surface area (Å²) in [5.74, 6) is 0.0250. The number of hydrogen-bond acceptors (Lipinski definition) is 3. The number of carbonyl (C=O) groups is 1. The van der Waals surface area contributed by atoms with Crippen LogP contribution in [-0.2, 0) is 9.53 Å². The minimum atomic E-state index is -0.185. The molecule has 0 heterocycles. The molecule has 0 aromatic heterocycles. The van der Waals surface area contributed by atoms with Gasteiger partial charge in [0.2, 0.25) is 5.91 Å². The molecule has 1 atom stereocenters. The summed E-state index contributed by atoms with van der Waals surface area (Å²) in [7, 11) is 0. The Morgan fingerprint density at radius 3 is 2.25 bits per heavy atom. The number of rotatable bonds is 6. The van der Waals surface area contributed by atoms with Gasteiger partial charge in [-0.25, -0.2) is 0 Å². The number of amides is 1. The Hall–Kier alpha value is -0.610. The van der Waals surface area contributed by atoms with Gasteiger partial charge in [0, 0.05) is 12.1 Å². The SMILES string of the molecule is CC(C)OCCNC(C)C(=O)NC(C)(C)C. The molecule has 1 unspecified atom stereocenters. The maximum Gasteiger partial charge on any atom is 0.237 e. The zero-order chi connectivity index (χ0) is 12.8. The third-order valence-corrected chi connectivity index (χ3v) is 1.90. The first kappa shape index (κ1) is 15.4. The van der Waals surface area contributed by atoms with Crippen LogP contribution in [-0.4, -0.2) is 36.7 Å². The lowest BCUT2D eigenvalue weighted by Crippen LogP contribution is -2.50. The largest absolute Gasteiger partial charge is 0.377 e. The molecule has 0 saturated heterocycles. The van der Waals surface area contributed by atoms with E-state index in [0.717, 1.165) is 0 Å². The van der Waals surface area contributed by atoms with Gasteiger partial charge in [-0.05, 0) is 41.5 Å². The van der Waals surface area contributed by atoms with E-state index in [1.807, 2.05) is 41.5 Å². The maximum atomic E-state index is 11.7. The Morgan fingerprint density at radius 2 is 1.81 bits per heavy atom. The zero-order valence-corrected chi connectivity index (χ0v) is 11.4. The standard InChI is InChI=1S/C12H26N2O2/c1-9(2)16-8-7-13-10(3)11(15)14-12(4,5)6/h9-10,13H,7-8H2,1-6H3,(H,14,15). The van der Waals surface area contributed by atoms with Gasteiger partial charge in [-0.3, -0.25) is 4.79 Å². The van der Waals surface area contributed by atoms with E-state index < -0.39 is 0 Å². The molecule has 1 amide bonds. The second-order valence-corrected chi connectivity index (χ2v) is 5.33. The summed E-state index contributed by atoms with van der Waals surface area (Å²) >= 11 is 0. The van der Waals surface area contributed by atoms with Crippen LogP contribution >= 0.6 is 0 Å². The Bertz CT molecular complexity index is 210. The third-order valence-electron chi connectivity index (χ3n) is 1.90. The van der Waals surface area contributed by atoms with Crippen LogP contribution in [0.5, 0.6) is 0 Å². The Balaban J connectivity index is 3.72.